The molecule has 11 heteroatoms. The molecule has 1 atom stereocenters. The van der Waals surface area contributed by atoms with Gasteiger partial charge in [-0.25, -0.2) is 13.6 Å². The minimum atomic E-state index is -1.87. The number of nitrogens with one attached hydrogen (secondary N) is 2. The van der Waals surface area contributed by atoms with Crippen molar-refractivity contribution in [3.05, 3.63) is 95.1 Å². The number of carbonyl (C=O) groups is 4. The molecule has 2 N–H and O–H groups in total. The summed E-state index contributed by atoms with van der Waals surface area (Å²) in [6.45, 7) is -0.738. The van der Waals surface area contributed by atoms with Crippen LogP contribution in [0.5, 0.6) is 0 Å². The van der Waals surface area contributed by atoms with Crippen LogP contribution in [0.25, 0.3) is 0 Å². The molecule has 0 radical (unpaired) electrons. The van der Waals surface area contributed by atoms with Gasteiger partial charge in [0.2, 0.25) is 11.5 Å². The Hall–Kier alpha value is -4.64. The molecule has 1 saturated heterocycles. The number of anilines is 2. The molecule has 200 valence electrons. The molecule has 2 aliphatic rings. The molecule has 0 unspecified atom stereocenters. The monoisotopic (exact) mass is 534 g/mol. The van der Waals surface area contributed by atoms with E-state index in [1.807, 2.05) is 0 Å². The fourth-order valence-electron chi connectivity index (χ4n) is 4.82. The van der Waals surface area contributed by atoms with Gasteiger partial charge in [0.25, 0.3) is 5.91 Å². The summed E-state index contributed by atoms with van der Waals surface area (Å²) in [5.74, 6) is -2.68. The van der Waals surface area contributed by atoms with Gasteiger partial charge < -0.3 is 25.2 Å². The molecule has 0 aromatic heterocycles. The lowest BCUT2D eigenvalue weighted by molar-refractivity contribution is -0.149. The van der Waals surface area contributed by atoms with E-state index >= 15 is 0 Å². The van der Waals surface area contributed by atoms with Gasteiger partial charge in [-0.05, 0) is 53.6 Å². The molecule has 1 fully saturated rings. The number of Topliss-reactive ketones (excluding diaryl/α,β-unsaturated/α-hetero) is 1. The SMILES string of the molecule is CNC(=O)Nc1ccc2c(c1)CC(=O)[C@]21OCN(CC(=O)N(Cc2ccc(F)cc2)c2cccc(F)c2)C1=O. The fraction of sp³-hybridized carbons (Fsp3) is 0.214. The van der Waals surface area contributed by atoms with Crippen LogP contribution in [0, 0.1) is 11.6 Å². The Balaban J connectivity index is 1.38. The minimum absolute atomic E-state index is 0.000521. The Morgan fingerprint density at radius 3 is 2.51 bits per heavy atom. The summed E-state index contributed by atoms with van der Waals surface area (Å²) < 4.78 is 33.2. The van der Waals surface area contributed by atoms with Crippen LogP contribution in [0.15, 0.2) is 66.7 Å². The van der Waals surface area contributed by atoms with Crippen molar-refractivity contribution in [2.45, 2.75) is 18.6 Å². The van der Waals surface area contributed by atoms with Gasteiger partial charge in [0.15, 0.2) is 5.78 Å². The number of urea groups is 1. The Bertz CT molecular complexity index is 1480. The lowest BCUT2D eigenvalue weighted by Crippen LogP contribution is -2.46. The molecule has 9 nitrogen and oxygen atoms in total. The van der Waals surface area contributed by atoms with E-state index in [9.17, 15) is 28.0 Å². The standard InChI is InChI=1S/C28H24F2N4O5/c1-31-27(38)32-21-9-10-23-18(11-21)12-24(35)28(23)26(37)33(16-39-28)15-25(36)34(22-4-2-3-20(30)13-22)14-17-5-7-19(29)8-6-17/h2-11,13H,12,14-16H2,1H3,(H2,31,32,38)/t28-/m1/s1. The van der Waals surface area contributed by atoms with Crippen molar-refractivity contribution in [1.82, 2.24) is 10.2 Å². The highest BCUT2D eigenvalue weighted by molar-refractivity contribution is 6.15. The van der Waals surface area contributed by atoms with Crippen molar-refractivity contribution in [3.8, 4) is 0 Å². The highest BCUT2D eigenvalue weighted by Crippen LogP contribution is 2.43. The number of hydrogen-bond acceptors (Lipinski definition) is 5. The third-order valence-corrected chi connectivity index (χ3v) is 6.74. The summed E-state index contributed by atoms with van der Waals surface area (Å²) in [5.41, 5.74) is 0.320. The van der Waals surface area contributed by atoms with Gasteiger partial charge >= 0.3 is 6.03 Å². The van der Waals surface area contributed by atoms with E-state index < -0.39 is 47.4 Å². The van der Waals surface area contributed by atoms with Crippen LogP contribution in [-0.2, 0) is 37.7 Å². The molecule has 4 amide bonds. The predicted octanol–water partition coefficient (Wildman–Crippen LogP) is 3.09. The molecule has 3 aromatic carbocycles. The first-order valence-corrected chi connectivity index (χ1v) is 12.1. The molecule has 3 aromatic rings. The summed E-state index contributed by atoms with van der Waals surface area (Å²) in [7, 11) is 1.47. The Morgan fingerprint density at radius 2 is 1.79 bits per heavy atom. The molecular formula is C28H24F2N4O5. The number of rotatable bonds is 6. The highest BCUT2D eigenvalue weighted by Gasteiger charge is 2.59. The van der Waals surface area contributed by atoms with Crippen molar-refractivity contribution in [1.29, 1.82) is 0 Å². The first kappa shape index (κ1) is 26.0. The van der Waals surface area contributed by atoms with Crippen LogP contribution in [0.4, 0.5) is 25.0 Å². The summed E-state index contributed by atoms with van der Waals surface area (Å²) in [6.07, 6.45) is -0.0773. The zero-order valence-corrected chi connectivity index (χ0v) is 20.9. The van der Waals surface area contributed by atoms with E-state index in [1.54, 1.807) is 24.3 Å². The van der Waals surface area contributed by atoms with Gasteiger partial charge in [-0.3, -0.25) is 14.4 Å². The molecule has 0 bridgehead atoms. The van der Waals surface area contributed by atoms with E-state index in [0.717, 1.165) is 4.90 Å². The van der Waals surface area contributed by atoms with Crippen LogP contribution in [-0.4, -0.2) is 48.9 Å². The molecule has 0 saturated carbocycles. The second-order valence-electron chi connectivity index (χ2n) is 9.22. The van der Waals surface area contributed by atoms with Crippen molar-refractivity contribution in [2.24, 2.45) is 0 Å². The highest BCUT2D eigenvalue weighted by atomic mass is 19.1. The summed E-state index contributed by atoms with van der Waals surface area (Å²) in [6, 6.07) is 15.3. The van der Waals surface area contributed by atoms with E-state index in [2.05, 4.69) is 10.6 Å². The number of nitrogens with zero attached hydrogens (tertiary/aromatic N) is 2. The summed E-state index contributed by atoms with van der Waals surface area (Å²) >= 11 is 0. The first-order valence-electron chi connectivity index (χ1n) is 12.1. The van der Waals surface area contributed by atoms with Crippen LogP contribution in [0.1, 0.15) is 16.7 Å². The Kier molecular flexibility index (Phi) is 6.83. The number of amides is 4. The Labute approximate surface area is 222 Å². The van der Waals surface area contributed by atoms with Crippen molar-refractivity contribution in [3.63, 3.8) is 0 Å². The number of ketones is 1. The number of carbonyl (C=O) groups excluding carboxylic acids is 4. The topological polar surface area (TPSA) is 108 Å². The van der Waals surface area contributed by atoms with Gasteiger partial charge in [0.05, 0.1) is 6.54 Å². The summed E-state index contributed by atoms with van der Waals surface area (Å²) in [4.78, 5) is 54.3. The van der Waals surface area contributed by atoms with E-state index in [-0.39, 0.29) is 25.4 Å². The lowest BCUT2D eigenvalue weighted by atomic mass is 9.94. The van der Waals surface area contributed by atoms with Crippen LogP contribution < -0.4 is 15.5 Å². The van der Waals surface area contributed by atoms with Crippen molar-refractivity contribution >= 4 is 35.0 Å². The molecule has 1 spiro atoms. The fourth-order valence-corrected chi connectivity index (χ4v) is 4.82. The van der Waals surface area contributed by atoms with Gasteiger partial charge in [-0.15, -0.1) is 0 Å². The third-order valence-electron chi connectivity index (χ3n) is 6.74. The van der Waals surface area contributed by atoms with Gasteiger partial charge in [-0.2, -0.15) is 0 Å². The average molecular weight is 535 g/mol. The molecule has 5 rings (SSSR count). The van der Waals surface area contributed by atoms with E-state index in [1.165, 1.54) is 54.4 Å². The van der Waals surface area contributed by atoms with Gasteiger partial charge in [0.1, 0.15) is 24.9 Å². The maximum Gasteiger partial charge on any atom is 0.318 e. The Morgan fingerprint density at radius 1 is 1.03 bits per heavy atom. The zero-order valence-electron chi connectivity index (χ0n) is 20.9. The van der Waals surface area contributed by atoms with Crippen LogP contribution in [0.3, 0.4) is 0 Å². The minimum Gasteiger partial charge on any atom is -0.341 e. The van der Waals surface area contributed by atoms with Crippen molar-refractivity contribution < 1.29 is 32.7 Å². The largest absolute Gasteiger partial charge is 0.341 e. The maximum atomic E-state index is 14.0. The van der Waals surface area contributed by atoms with E-state index in [4.69, 9.17) is 4.74 Å². The first-order chi connectivity index (χ1) is 18.7. The van der Waals surface area contributed by atoms with Gasteiger partial charge in [0, 0.05) is 30.4 Å². The average Bonchev–Trinajstić information content (AvgIpc) is 3.39. The third kappa shape index (κ3) is 4.84. The predicted molar refractivity (Wildman–Crippen MR) is 137 cm³/mol. The molecule has 1 aliphatic heterocycles. The van der Waals surface area contributed by atoms with Crippen molar-refractivity contribution in [2.75, 3.05) is 30.5 Å². The maximum absolute atomic E-state index is 14.0. The number of halogens is 2. The molecule has 39 heavy (non-hydrogen) atoms. The molecule has 1 aliphatic carbocycles. The number of ether oxygens (including phenoxy) is 1. The number of hydrogen-bond donors (Lipinski definition) is 2. The number of benzene rings is 3. The lowest BCUT2D eigenvalue weighted by Gasteiger charge is -2.26. The number of fused-ring (bicyclic) bond motifs is 2. The van der Waals surface area contributed by atoms with Crippen LogP contribution in [0.2, 0.25) is 0 Å². The van der Waals surface area contributed by atoms with Crippen LogP contribution >= 0.6 is 0 Å². The normalized spacial score (nSPS) is 17.9. The summed E-state index contributed by atoms with van der Waals surface area (Å²) in [5, 5.41) is 5.06. The van der Waals surface area contributed by atoms with Gasteiger partial charge in [-0.1, -0.05) is 24.3 Å². The van der Waals surface area contributed by atoms with E-state index in [0.29, 0.717) is 22.4 Å². The second kappa shape index (κ2) is 10.3. The second-order valence-corrected chi connectivity index (χ2v) is 9.22. The molecule has 1 heterocycles. The smallest absolute Gasteiger partial charge is 0.318 e. The zero-order chi connectivity index (χ0) is 27.7. The quantitative estimate of drug-likeness (QED) is 0.473. The molecular weight excluding hydrogens is 510 g/mol.